The van der Waals surface area contributed by atoms with Gasteiger partial charge >= 0.3 is 5.97 Å². The number of hydrogen-bond donors (Lipinski definition) is 2. The lowest BCUT2D eigenvalue weighted by molar-refractivity contribution is 0.0696. The number of carbonyl (C=O) groups is 2. The molecule has 0 radical (unpaired) electrons. The predicted molar refractivity (Wildman–Crippen MR) is 96.6 cm³/mol. The smallest absolute Gasteiger partial charge is 0.335 e. The van der Waals surface area contributed by atoms with E-state index in [4.69, 9.17) is 9.84 Å². The number of aromatic carboxylic acids is 1. The number of ether oxygens (including phenoxy) is 1. The van der Waals surface area contributed by atoms with Crippen LogP contribution in [-0.4, -0.2) is 24.1 Å². The summed E-state index contributed by atoms with van der Waals surface area (Å²) in [5.41, 5.74) is 1.83. The fraction of sp³-hybridized carbons (Fsp3) is 0.100. The number of rotatable bonds is 4. The number of nitrogens with one attached hydrogen (secondary N) is 1. The standard InChI is InChI=1S/C20H17NO4/c1-12-9-15(20(23)24)7-8-17(12)21-19(22)16-10-13-5-3-4-6-14(13)11-18(16)25-2/h3-11H,1-2H3,(H,21,22)(H,23,24). The van der Waals surface area contributed by atoms with Gasteiger partial charge in [0, 0.05) is 5.69 Å². The van der Waals surface area contributed by atoms with Crippen molar-refractivity contribution in [3.05, 3.63) is 71.3 Å². The van der Waals surface area contributed by atoms with Gasteiger partial charge in [0.25, 0.3) is 5.91 Å². The first-order valence-corrected chi connectivity index (χ1v) is 7.71. The molecule has 0 fully saturated rings. The molecule has 5 heteroatoms. The van der Waals surface area contributed by atoms with E-state index in [0.29, 0.717) is 22.6 Å². The van der Waals surface area contributed by atoms with Crippen LogP contribution in [0.25, 0.3) is 10.8 Å². The summed E-state index contributed by atoms with van der Waals surface area (Å²) in [4.78, 5) is 23.7. The number of aryl methyl sites for hydroxylation is 1. The first-order valence-electron chi connectivity index (χ1n) is 7.71. The number of fused-ring (bicyclic) bond motifs is 1. The maximum Gasteiger partial charge on any atom is 0.335 e. The Labute approximate surface area is 144 Å². The van der Waals surface area contributed by atoms with Gasteiger partial charge in [-0.05, 0) is 53.6 Å². The molecule has 0 unspecified atom stereocenters. The van der Waals surface area contributed by atoms with E-state index in [9.17, 15) is 9.59 Å². The minimum absolute atomic E-state index is 0.179. The van der Waals surface area contributed by atoms with Crippen molar-refractivity contribution >= 4 is 28.3 Å². The van der Waals surface area contributed by atoms with Gasteiger partial charge in [-0.3, -0.25) is 4.79 Å². The molecule has 0 aliphatic heterocycles. The number of hydrogen-bond acceptors (Lipinski definition) is 3. The van der Waals surface area contributed by atoms with E-state index in [2.05, 4.69) is 5.32 Å². The van der Waals surface area contributed by atoms with E-state index >= 15 is 0 Å². The number of methoxy groups -OCH3 is 1. The zero-order chi connectivity index (χ0) is 18.0. The molecular weight excluding hydrogens is 318 g/mol. The minimum Gasteiger partial charge on any atom is -0.496 e. The average Bonchev–Trinajstić information content (AvgIpc) is 2.61. The lowest BCUT2D eigenvalue weighted by Gasteiger charge is -2.13. The molecule has 0 saturated heterocycles. The highest BCUT2D eigenvalue weighted by Gasteiger charge is 2.15. The lowest BCUT2D eigenvalue weighted by atomic mass is 10.0. The largest absolute Gasteiger partial charge is 0.496 e. The molecule has 0 aromatic heterocycles. The van der Waals surface area contributed by atoms with Crippen LogP contribution < -0.4 is 10.1 Å². The normalized spacial score (nSPS) is 10.5. The van der Waals surface area contributed by atoms with E-state index in [-0.39, 0.29) is 11.5 Å². The number of anilines is 1. The lowest BCUT2D eigenvalue weighted by Crippen LogP contribution is -2.14. The summed E-state index contributed by atoms with van der Waals surface area (Å²) in [6, 6.07) is 15.9. The van der Waals surface area contributed by atoms with Crippen LogP contribution in [0.5, 0.6) is 5.75 Å². The minimum atomic E-state index is -1.00. The first kappa shape index (κ1) is 16.5. The van der Waals surface area contributed by atoms with Gasteiger partial charge in [-0.1, -0.05) is 24.3 Å². The van der Waals surface area contributed by atoms with Crippen LogP contribution in [0.15, 0.2) is 54.6 Å². The van der Waals surface area contributed by atoms with Gasteiger partial charge in [-0.25, -0.2) is 4.79 Å². The predicted octanol–water partition coefficient (Wildman–Crippen LogP) is 4.11. The van der Waals surface area contributed by atoms with Crippen molar-refractivity contribution in [3.63, 3.8) is 0 Å². The second-order valence-electron chi connectivity index (χ2n) is 5.69. The molecule has 25 heavy (non-hydrogen) atoms. The van der Waals surface area contributed by atoms with Crippen molar-refractivity contribution in [1.82, 2.24) is 0 Å². The second-order valence-corrected chi connectivity index (χ2v) is 5.69. The summed E-state index contributed by atoms with van der Waals surface area (Å²) in [5, 5.41) is 13.8. The Kier molecular flexibility index (Phi) is 4.39. The summed E-state index contributed by atoms with van der Waals surface area (Å²) >= 11 is 0. The molecule has 2 N–H and O–H groups in total. The van der Waals surface area contributed by atoms with E-state index in [1.807, 2.05) is 30.3 Å². The van der Waals surface area contributed by atoms with E-state index in [1.54, 1.807) is 19.1 Å². The van der Waals surface area contributed by atoms with Gasteiger partial charge < -0.3 is 15.2 Å². The number of carboxylic acids is 1. The van der Waals surface area contributed by atoms with Crippen molar-refractivity contribution in [3.8, 4) is 5.75 Å². The Morgan fingerprint density at radius 2 is 1.68 bits per heavy atom. The van der Waals surface area contributed by atoms with Gasteiger partial charge in [-0.2, -0.15) is 0 Å². The first-order chi connectivity index (χ1) is 12.0. The molecule has 0 spiro atoms. The molecule has 0 aliphatic carbocycles. The fourth-order valence-corrected chi connectivity index (χ4v) is 2.69. The van der Waals surface area contributed by atoms with Crippen molar-refractivity contribution in [2.75, 3.05) is 12.4 Å². The van der Waals surface area contributed by atoms with Crippen LogP contribution in [0.4, 0.5) is 5.69 Å². The van der Waals surface area contributed by atoms with Crippen molar-refractivity contribution in [2.45, 2.75) is 6.92 Å². The molecule has 3 aromatic carbocycles. The fourth-order valence-electron chi connectivity index (χ4n) is 2.69. The van der Waals surface area contributed by atoms with Gasteiger partial charge in [-0.15, -0.1) is 0 Å². The Bertz CT molecular complexity index is 979. The number of carboxylic acid groups (broad SMARTS) is 1. The van der Waals surface area contributed by atoms with E-state index < -0.39 is 5.97 Å². The maximum atomic E-state index is 12.7. The molecular formula is C20H17NO4. The third-order valence-electron chi connectivity index (χ3n) is 4.03. The number of amides is 1. The second kappa shape index (κ2) is 6.65. The van der Waals surface area contributed by atoms with E-state index in [1.165, 1.54) is 19.2 Å². The summed E-state index contributed by atoms with van der Waals surface area (Å²) in [5.74, 6) is -0.832. The molecule has 1 amide bonds. The molecule has 0 saturated carbocycles. The van der Waals surface area contributed by atoms with Crippen LogP contribution >= 0.6 is 0 Å². The van der Waals surface area contributed by atoms with Crippen molar-refractivity contribution in [1.29, 1.82) is 0 Å². The molecule has 0 heterocycles. The summed E-state index contributed by atoms with van der Waals surface area (Å²) in [6.45, 7) is 1.75. The molecule has 3 rings (SSSR count). The van der Waals surface area contributed by atoms with Crippen LogP contribution in [0.1, 0.15) is 26.3 Å². The molecule has 0 aliphatic rings. The van der Waals surface area contributed by atoms with Gasteiger partial charge in [0.2, 0.25) is 0 Å². The Morgan fingerprint density at radius 1 is 1.00 bits per heavy atom. The van der Waals surface area contributed by atoms with Crippen LogP contribution in [0, 0.1) is 6.92 Å². The highest BCUT2D eigenvalue weighted by Crippen LogP contribution is 2.27. The topological polar surface area (TPSA) is 75.6 Å². The maximum absolute atomic E-state index is 12.7. The van der Waals surface area contributed by atoms with Crippen LogP contribution in [0.3, 0.4) is 0 Å². The highest BCUT2D eigenvalue weighted by molar-refractivity contribution is 6.09. The third-order valence-corrected chi connectivity index (χ3v) is 4.03. The number of benzene rings is 3. The number of carbonyl (C=O) groups excluding carboxylic acids is 1. The van der Waals surface area contributed by atoms with Crippen LogP contribution in [-0.2, 0) is 0 Å². The summed E-state index contributed by atoms with van der Waals surface area (Å²) < 4.78 is 5.35. The van der Waals surface area contributed by atoms with Gasteiger partial charge in [0.05, 0.1) is 18.2 Å². The Balaban J connectivity index is 1.96. The Hall–Kier alpha value is -3.34. The SMILES string of the molecule is COc1cc2ccccc2cc1C(=O)Nc1ccc(C(=O)O)cc1C. The molecule has 0 atom stereocenters. The summed E-state index contributed by atoms with van der Waals surface area (Å²) in [6.07, 6.45) is 0. The monoisotopic (exact) mass is 335 g/mol. The van der Waals surface area contributed by atoms with Crippen LogP contribution in [0.2, 0.25) is 0 Å². The van der Waals surface area contributed by atoms with Gasteiger partial charge in [0.1, 0.15) is 5.75 Å². The molecule has 5 nitrogen and oxygen atoms in total. The van der Waals surface area contributed by atoms with Crippen molar-refractivity contribution < 1.29 is 19.4 Å². The molecule has 3 aromatic rings. The van der Waals surface area contributed by atoms with Gasteiger partial charge in [0.15, 0.2) is 0 Å². The highest BCUT2D eigenvalue weighted by atomic mass is 16.5. The van der Waals surface area contributed by atoms with Crippen molar-refractivity contribution in [2.24, 2.45) is 0 Å². The zero-order valence-electron chi connectivity index (χ0n) is 13.9. The van der Waals surface area contributed by atoms with E-state index in [0.717, 1.165) is 10.8 Å². The molecule has 126 valence electrons. The molecule has 0 bridgehead atoms. The average molecular weight is 335 g/mol. The summed E-state index contributed by atoms with van der Waals surface area (Å²) in [7, 11) is 1.52. The third kappa shape index (κ3) is 3.30. The Morgan fingerprint density at radius 3 is 2.28 bits per heavy atom. The zero-order valence-corrected chi connectivity index (χ0v) is 13.9. The quantitative estimate of drug-likeness (QED) is 0.752.